The molecular weight excluding hydrogens is 290 g/mol. The summed E-state index contributed by atoms with van der Waals surface area (Å²) < 4.78 is 0. The predicted octanol–water partition coefficient (Wildman–Crippen LogP) is 1.68. The lowest BCUT2D eigenvalue weighted by atomic mass is 10.1. The largest absolute Gasteiger partial charge is 0.504 e. The number of nitrogens with two attached hydrogens (primary N) is 1. The summed E-state index contributed by atoms with van der Waals surface area (Å²) in [5.41, 5.74) is 7.40. The average Bonchev–Trinajstić information content (AvgIpc) is 2.72. The molecule has 1 atom stereocenters. The monoisotopic (exact) mass is 307 g/mol. The van der Waals surface area contributed by atoms with Crippen LogP contribution in [0.15, 0.2) is 18.2 Å². The van der Waals surface area contributed by atoms with Gasteiger partial charge < -0.3 is 21.3 Å². The third-order valence-corrected chi connectivity index (χ3v) is 4.08. The topological polar surface area (TPSA) is 108 Å². The molecule has 1 aromatic carbocycles. The van der Waals surface area contributed by atoms with E-state index >= 15 is 0 Å². The molecule has 0 bridgehead atoms. The average molecular weight is 307 g/mol. The summed E-state index contributed by atoms with van der Waals surface area (Å²) in [5, 5.41) is 21.9. The Morgan fingerprint density at radius 1 is 1.38 bits per heavy atom. The Bertz CT molecular complexity index is 650. The molecule has 0 saturated heterocycles. The number of rotatable bonds is 4. The van der Waals surface area contributed by atoms with Crippen molar-refractivity contribution in [1.82, 2.24) is 4.98 Å². The number of aromatic hydroxyl groups is 2. The van der Waals surface area contributed by atoms with Crippen molar-refractivity contribution in [2.75, 3.05) is 5.32 Å². The zero-order valence-electron chi connectivity index (χ0n) is 11.8. The lowest BCUT2D eigenvalue weighted by Crippen LogP contribution is -2.37. The highest BCUT2D eigenvalue weighted by atomic mass is 32.1. The van der Waals surface area contributed by atoms with Crippen molar-refractivity contribution >= 4 is 22.4 Å². The molecule has 1 amide bonds. The molecule has 0 unspecified atom stereocenters. The Hall–Kier alpha value is -2.12. The maximum absolute atomic E-state index is 12.0. The van der Waals surface area contributed by atoms with Gasteiger partial charge in [0.15, 0.2) is 16.6 Å². The quantitative estimate of drug-likeness (QED) is 0.643. The number of amides is 1. The van der Waals surface area contributed by atoms with Gasteiger partial charge in [0.25, 0.3) is 0 Å². The highest BCUT2D eigenvalue weighted by Gasteiger charge is 2.17. The van der Waals surface area contributed by atoms with E-state index in [0.29, 0.717) is 10.7 Å². The minimum absolute atomic E-state index is 0.203. The maximum Gasteiger partial charge on any atom is 0.243 e. The second kappa shape index (κ2) is 6.11. The van der Waals surface area contributed by atoms with E-state index in [1.54, 1.807) is 6.07 Å². The minimum Gasteiger partial charge on any atom is -0.504 e. The summed E-state index contributed by atoms with van der Waals surface area (Å²) >= 11 is 1.40. The van der Waals surface area contributed by atoms with E-state index in [-0.39, 0.29) is 23.8 Å². The molecule has 0 spiro atoms. The molecule has 0 aliphatic heterocycles. The van der Waals surface area contributed by atoms with Gasteiger partial charge in [0.2, 0.25) is 5.91 Å². The first-order valence-electron chi connectivity index (χ1n) is 6.38. The fourth-order valence-corrected chi connectivity index (χ4v) is 2.58. The lowest BCUT2D eigenvalue weighted by Gasteiger charge is -2.11. The summed E-state index contributed by atoms with van der Waals surface area (Å²) in [7, 11) is 0. The summed E-state index contributed by atoms with van der Waals surface area (Å²) in [6.07, 6.45) is 0.253. The predicted molar refractivity (Wildman–Crippen MR) is 81.7 cm³/mol. The van der Waals surface area contributed by atoms with Crippen LogP contribution in [0.2, 0.25) is 0 Å². The number of benzene rings is 1. The molecular formula is C14H17N3O3S. The number of nitrogens with one attached hydrogen (secondary N) is 1. The highest BCUT2D eigenvalue weighted by Crippen LogP contribution is 2.25. The van der Waals surface area contributed by atoms with E-state index in [1.807, 2.05) is 13.8 Å². The fourth-order valence-electron chi connectivity index (χ4n) is 1.77. The van der Waals surface area contributed by atoms with E-state index < -0.39 is 6.04 Å². The Morgan fingerprint density at radius 3 is 2.67 bits per heavy atom. The van der Waals surface area contributed by atoms with Crippen LogP contribution in [0.4, 0.5) is 5.13 Å². The maximum atomic E-state index is 12.0. The van der Waals surface area contributed by atoms with E-state index in [4.69, 9.17) is 5.73 Å². The van der Waals surface area contributed by atoms with Gasteiger partial charge in [-0.2, -0.15) is 0 Å². The van der Waals surface area contributed by atoms with Crippen LogP contribution in [0, 0.1) is 13.8 Å². The first kappa shape index (κ1) is 15.3. The van der Waals surface area contributed by atoms with Gasteiger partial charge in [0, 0.05) is 4.88 Å². The number of hydrogen-bond acceptors (Lipinski definition) is 6. The third kappa shape index (κ3) is 3.71. The van der Waals surface area contributed by atoms with Crippen molar-refractivity contribution in [3.8, 4) is 11.5 Å². The Kier molecular flexibility index (Phi) is 4.44. The second-order valence-electron chi connectivity index (χ2n) is 4.78. The smallest absolute Gasteiger partial charge is 0.243 e. The SMILES string of the molecule is Cc1nc(NC(=O)[C@@H](N)Cc2ccc(O)c(O)c2)sc1C. The molecule has 2 rings (SSSR count). The van der Waals surface area contributed by atoms with Crippen LogP contribution in [-0.4, -0.2) is 27.1 Å². The number of hydrogen-bond donors (Lipinski definition) is 4. The summed E-state index contributed by atoms with van der Waals surface area (Å²) in [4.78, 5) is 17.3. The zero-order chi connectivity index (χ0) is 15.6. The van der Waals surface area contributed by atoms with Gasteiger partial charge in [-0.05, 0) is 38.0 Å². The van der Waals surface area contributed by atoms with Crippen LogP contribution in [0.5, 0.6) is 11.5 Å². The van der Waals surface area contributed by atoms with Crippen molar-refractivity contribution in [2.24, 2.45) is 5.73 Å². The van der Waals surface area contributed by atoms with Crippen LogP contribution in [0.3, 0.4) is 0 Å². The number of nitrogens with zero attached hydrogens (tertiary/aromatic N) is 1. The molecule has 2 aromatic rings. The van der Waals surface area contributed by atoms with Crippen molar-refractivity contribution in [1.29, 1.82) is 0 Å². The van der Waals surface area contributed by atoms with E-state index in [2.05, 4.69) is 10.3 Å². The number of phenolic OH excluding ortho intramolecular Hbond substituents is 2. The molecule has 0 fully saturated rings. The Morgan fingerprint density at radius 2 is 2.10 bits per heavy atom. The standard InChI is InChI=1S/C14H17N3O3S/c1-7-8(2)21-14(16-7)17-13(20)10(15)5-9-3-4-11(18)12(19)6-9/h3-4,6,10,18-19H,5,15H2,1-2H3,(H,16,17,20)/t10-/m0/s1. The lowest BCUT2D eigenvalue weighted by molar-refractivity contribution is -0.117. The van der Waals surface area contributed by atoms with Crippen molar-refractivity contribution in [3.63, 3.8) is 0 Å². The number of aryl methyl sites for hydroxylation is 2. The molecule has 6 nitrogen and oxygen atoms in total. The van der Waals surface area contributed by atoms with Gasteiger partial charge in [-0.3, -0.25) is 4.79 Å². The summed E-state index contributed by atoms with van der Waals surface area (Å²) in [6.45, 7) is 3.81. The Labute approximate surface area is 126 Å². The van der Waals surface area contributed by atoms with Gasteiger partial charge >= 0.3 is 0 Å². The van der Waals surface area contributed by atoms with Crippen LogP contribution in [0.25, 0.3) is 0 Å². The normalized spacial score (nSPS) is 12.1. The van der Waals surface area contributed by atoms with Crippen LogP contribution < -0.4 is 11.1 Å². The molecule has 112 valence electrons. The molecule has 0 aliphatic carbocycles. The molecule has 5 N–H and O–H groups in total. The van der Waals surface area contributed by atoms with Gasteiger partial charge in [-0.25, -0.2) is 4.98 Å². The third-order valence-electron chi connectivity index (χ3n) is 3.09. The van der Waals surface area contributed by atoms with Gasteiger partial charge in [-0.15, -0.1) is 11.3 Å². The second-order valence-corrected chi connectivity index (χ2v) is 5.99. The number of carbonyl (C=O) groups excluding carboxylic acids is 1. The van der Waals surface area contributed by atoms with Crippen LogP contribution in [-0.2, 0) is 11.2 Å². The number of carbonyl (C=O) groups is 1. The van der Waals surface area contributed by atoms with E-state index in [0.717, 1.165) is 10.6 Å². The minimum atomic E-state index is -0.765. The number of phenols is 2. The fraction of sp³-hybridized carbons (Fsp3) is 0.286. The number of aromatic nitrogens is 1. The van der Waals surface area contributed by atoms with Crippen molar-refractivity contribution < 1.29 is 15.0 Å². The first-order chi connectivity index (χ1) is 9.86. The summed E-state index contributed by atoms with van der Waals surface area (Å²) in [6, 6.07) is 3.60. The molecule has 0 saturated carbocycles. The number of thiazole rings is 1. The molecule has 0 aliphatic rings. The van der Waals surface area contributed by atoms with E-state index in [1.165, 1.54) is 23.5 Å². The van der Waals surface area contributed by atoms with Crippen LogP contribution in [0.1, 0.15) is 16.1 Å². The van der Waals surface area contributed by atoms with Crippen molar-refractivity contribution in [2.45, 2.75) is 26.3 Å². The van der Waals surface area contributed by atoms with Gasteiger partial charge in [0.1, 0.15) is 0 Å². The van der Waals surface area contributed by atoms with E-state index in [9.17, 15) is 15.0 Å². The van der Waals surface area contributed by atoms with Gasteiger partial charge in [-0.1, -0.05) is 6.07 Å². The molecule has 7 heteroatoms. The zero-order valence-corrected chi connectivity index (χ0v) is 12.6. The molecule has 21 heavy (non-hydrogen) atoms. The Balaban J connectivity index is 2.00. The highest BCUT2D eigenvalue weighted by molar-refractivity contribution is 7.15. The van der Waals surface area contributed by atoms with Crippen LogP contribution >= 0.6 is 11.3 Å². The number of anilines is 1. The molecule has 0 radical (unpaired) electrons. The van der Waals surface area contributed by atoms with Gasteiger partial charge in [0.05, 0.1) is 11.7 Å². The molecule has 1 aromatic heterocycles. The summed E-state index contributed by atoms with van der Waals surface area (Å²) in [5.74, 6) is -0.770. The molecule has 1 heterocycles. The van der Waals surface area contributed by atoms with Crippen molar-refractivity contribution in [3.05, 3.63) is 34.3 Å². The first-order valence-corrected chi connectivity index (χ1v) is 7.20.